The normalized spacial score (nSPS) is 23.5. The van der Waals surface area contributed by atoms with Crippen molar-refractivity contribution in [1.82, 2.24) is 0 Å². The van der Waals surface area contributed by atoms with Gasteiger partial charge < -0.3 is 0 Å². The van der Waals surface area contributed by atoms with Gasteiger partial charge in [0.05, 0.1) is 6.07 Å². The maximum atomic E-state index is 8.77. The number of nitrogens with zero attached hydrogens (tertiary/aromatic N) is 1. The maximum Gasteiger partial charge on any atom is 0.0953 e. The van der Waals surface area contributed by atoms with Gasteiger partial charge in [-0.05, 0) is 30.8 Å². The zero-order valence-electron chi connectivity index (χ0n) is 6.38. The molecule has 1 saturated carbocycles. The number of rotatable bonds is 1. The van der Waals surface area contributed by atoms with Crippen molar-refractivity contribution in [2.45, 2.75) is 19.3 Å². The fourth-order valence-electron chi connectivity index (χ4n) is 1.45. The summed E-state index contributed by atoms with van der Waals surface area (Å²) in [5.74, 6) is 0.706. The Morgan fingerprint density at radius 1 is 1.45 bits per heavy atom. The Bertz CT molecular complexity index is 261. The van der Waals surface area contributed by atoms with E-state index in [1.165, 1.54) is 18.4 Å². The lowest BCUT2D eigenvalue weighted by Crippen LogP contribution is -1.95. The second kappa shape index (κ2) is 2.54. The van der Waals surface area contributed by atoms with Gasteiger partial charge in [-0.2, -0.15) is 5.26 Å². The van der Waals surface area contributed by atoms with E-state index in [1.54, 1.807) is 0 Å². The van der Waals surface area contributed by atoms with Crippen LogP contribution in [0.1, 0.15) is 19.3 Å². The van der Waals surface area contributed by atoms with Crippen molar-refractivity contribution in [3.63, 3.8) is 0 Å². The van der Waals surface area contributed by atoms with Crippen LogP contribution in [0.25, 0.3) is 0 Å². The molecule has 0 atom stereocenters. The number of nitriles is 1. The van der Waals surface area contributed by atoms with Gasteiger partial charge in [0.1, 0.15) is 0 Å². The zero-order chi connectivity index (χ0) is 7.68. The highest BCUT2D eigenvalue weighted by Crippen LogP contribution is 2.40. The van der Waals surface area contributed by atoms with Gasteiger partial charge in [-0.3, -0.25) is 0 Å². The molecule has 55 valence electrons. The van der Waals surface area contributed by atoms with Crippen molar-refractivity contribution in [3.05, 3.63) is 29.7 Å². The number of hydrogen-bond donors (Lipinski definition) is 0. The first-order valence-corrected chi connectivity index (χ1v) is 4.06. The molecule has 0 aromatic heterocycles. The molecule has 0 aromatic rings. The first-order valence-electron chi connectivity index (χ1n) is 4.06. The topological polar surface area (TPSA) is 23.8 Å². The highest BCUT2D eigenvalue weighted by atomic mass is 14.3. The maximum absolute atomic E-state index is 8.77. The van der Waals surface area contributed by atoms with E-state index in [1.807, 2.05) is 6.42 Å². The minimum absolute atomic E-state index is 0.706. The third-order valence-corrected chi connectivity index (χ3v) is 2.20. The van der Waals surface area contributed by atoms with Crippen molar-refractivity contribution in [2.24, 2.45) is 5.92 Å². The minimum Gasteiger partial charge on any atom is -0.193 e. The smallest absolute Gasteiger partial charge is 0.0953 e. The van der Waals surface area contributed by atoms with E-state index < -0.39 is 0 Å². The first kappa shape index (κ1) is 6.67. The summed E-state index contributed by atoms with van der Waals surface area (Å²) in [6, 6.07) is 2.25. The largest absolute Gasteiger partial charge is 0.193 e. The summed E-state index contributed by atoms with van der Waals surface area (Å²) in [5.41, 5.74) is 2.19. The van der Waals surface area contributed by atoms with Crippen LogP contribution in [0.2, 0.25) is 0 Å². The SMILES string of the molecule is N#CC1=C(C2CC2)C=CC[CH]1. The third-order valence-electron chi connectivity index (χ3n) is 2.20. The number of hydrogen-bond acceptors (Lipinski definition) is 1. The Morgan fingerprint density at radius 3 is 2.91 bits per heavy atom. The molecule has 0 heterocycles. The molecule has 1 radical (unpaired) electrons. The molecule has 2 aliphatic rings. The van der Waals surface area contributed by atoms with Crippen LogP contribution in [0.3, 0.4) is 0 Å². The Kier molecular flexibility index (Phi) is 1.54. The van der Waals surface area contributed by atoms with Crippen LogP contribution >= 0.6 is 0 Å². The molecular formula is C10H10N. The van der Waals surface area contributed by atoms with Crippen LogP contribution in [0.5, 0.6) is 0 Å². The van der Waals surface area contributed by atoms with Gasteiger partial charge in [0.15, 0.2) is 0 Å². The van der Waals surface area contributed by atoms with E-state index in [9.17, 15) is 0 Å². The van der Waals surface area contributed by atoms with Gasteiger partial charge >= 0.3 is 0 Å². The van der Waals surface area contributed by atoms with Crippen LogP contribution in [-0.2, 0) is 0 Å². The van der Waals surface area contributed by atoms with Gasteiger partial charge in [0.2, 0.25) is 0 Å². The second-order valence-electron chi connectivity index (χ2n) is 3.10. The van der Waals surface area contributed by atoms with E-state index >= 15 is 0 Å². The molecule has 0 aliphatic heterocycles. The van der Waals surface area contributed by atoms with Gasteiger partial charge in [-0.25, -0.2) is 0 Å². The Labute approximate surface area is 67.0 Å². The second-order valence-corrected chi connectivity index (χ2v) is 3.10. The van der Waals surface area contributed by atoms with Crippen molar-refractivity contribution >= 4 is 0 Å². The summed E-state index contributed by atoms with van der Waals surface area (Å²) in [5, 5.41) is 8.77. The van der Waals surface area contributed by atoms with E-state index in [2.05, 4.69) is 18.2 Å². The molecule has 1 fully saturated rings. The molecule has 1 heteroatoms. The Hall–Kier alpha value is -1.03. The monoisotopic (exact) mass is 144 g/mol. The minimum atomic E-state index is 0.706. The first-order chi connectivity index (χ1) is 5.42. The summed E-state index contributed by atoms with van der Waals surface area (Å²) in [6.45, 7) is 0. The van der Waals surface area contributed by atoms with Gasteiger partial charge in [0.25, 0.3) is 0 Å². The average Bonchev–Trinajstić information content (AvgIpc) is 2.87. The highest BCUT2D eigenvalue weighted by Gasteiger charge is 2.27. The average molecular weight is 144 g/mol. The molecule has 0 aromatic carbocycles. The number of allylic oxidation sites excluding steroid dienone is 4. The fourth-order valence-corrected chi connectivity index (χ4v) is 1.45. The van der Waals surface area contributed by atoms with Crippen molar-refractivity contribution < 1.29 is 0 Å². The quantitative estimate of drug-likeness (QED) is 0.554. The Morgan fingerprint density at radius 2 is 2.27 bits per heavy atom. The van der Waals surface area contributed by atoms with E-state index in [0.29, 0.717) is 5.92 Å². The standard InChI is InChI=1S/C10H10N/c11-7-9-3-1-2-4-10(9)8-5-6-8/h2-4,8H,1,5-6H2. The summed E-state index contributed by atoms with van der Waals surface area (Å²) in [4.78, 5) is 0. The van der Waals surface area contributed by atoms with Crippen LogP contribution in [-0.4, -0.2) is 0 Å². The lowest BCUT2D eigenvalue weighted by Gasteiger charge is -2.07. The molecule has 0 spiro atoms. The predicted molar refractivity (Wildman–Crippen MR) is 43.4 cm³/mol. The molecule has 0 bridgehead atoms. The van der Waals surface area contributed by atoms with E-state index in [-0.39, 0.29) is 0 Å². The van der Waals surface area contributed by atoms with Crippen LogP contribution in [0, 0.1) is 23.7 Å². The van der Waals surface area contributed by atoms with Crippen LogP contribution in [0.15, 0.2) is 23.3 Å². The zero-order valence-corrected chi connectivity index (χ0v) is 6.38. The summed E-state index contributed by atoms with van der Waals surface area (Å²) < 4.78 is 0. The molecule has 11 heavy (non-hydrogen) atoms. The predicted octanol–water partition coefficient (Wildman–Crippen LogP) is 2.38. The molecule has 0 unspecified atom stereocenters. The molecule has 0 N–H and O–H groups in total. The van der Waals surface area contributed by atoms with Crippen molar-refractivity contribution in [3.8, 4) is 6.07 Å². The van der Waals surface area contributed by atoms with Gasteiger partial charge in [0, 0.05) is 12.0 Å². The highest BCUT2D eigenvalue weighted by molar-refractivity contribution is 5.46. The van der Waals surface area contributed by atoms with E-state index in [4.69, 9.17) is 5.26 Å². The van der Waals surface area contributed by atoms with Crippen molar-refractivity contribution in [2.75, 3.05) is 0 Å². The fraction of sp³-hybridized carbons (Fsp3) is 0.400. The van der Waals surface area contributed by atoms with E-state index in [0.717, 1.165) is 12.0 Å². The van der Waals surface area contributed by atoms with Crippen molar-refractivity contribution in [1.29, 1.82) is 5.26 Å². The molecule has 0 amide bonds. The molecule has 1 nitrogen and oxygen atoms in total. The molecule has 0 saturated heterocycles. The lowest BCUT2D eigenvalue weighted by atomic mass is 9.95. The molecule has 2 aliphatic carbocycles. The van der Waals surface area contributed by atoms with Gasteiger partial charge in [-0.15, -0.1) is 0 Å². The van der Waals surface area contributed by atoms with Gasteiger partial charge in [-0.1, -0.05) is 12.2 Å². The van der Waals surface area contributed by atoms with Crippen LogP contribution < -0.4 is 0 Å². The Balaban J connectivity index is 2.29. The molecular weight excluding hydrogens is 134 g/mol. The summed E-state index contributed by atoms with van der Waals surface area (Å²) in [7, 11) is 0. The summed E-state index contributed by atoms with van der Waals surface area (Å²) >= 11 is 0. The van der Waals surface area contributed by atoms with Crippen LogP contribution in [0.4, 0.5) is 0 Å². The lowest BCUT2D eigenvalue weighted by molar-refractivity contribution is 1.00. The molecule has 2 rings (SSSR count). The third kappa shape index (κ3) is 1.21. The summed E-state index contributed by atoms with van der Waals surface area (Å²) in [6.07, 6.45) is 9.76.